The molecular formula is C14H11ClF3N. The van der Waals surface area contributed by atoms with Crippen molar-refractivity contribution in [3.8, 4) is 0 Å². The van der Waals surface area contributed by atoms with E-state index in [-0.39, 0.29) is 22.6 Å². The van der Waals surface area contributed by atoms with Crippen LogP contribution in [0.25, 0.3) is 0 Å². The lowest BCUT2D eigenvalue weighted by atomic mass is 9.99. The van der Waals surface area contributed by atoms with Crippen LogP contribution in [-0.2, 0) is 6.42 Å². The van der Waals surface area contributed by atoms with Gasteiger partial charge in [-0.15, -0.1) is 0 Å². The Labute approximate surface area is 113 Å². The van der Waals surface area contributed by atoms with Gasteiger partial charge in [-0.05, 0) is 24.6 Å². The van der Waals surface area contributed by atoms with Crippen molar-refractivity contribution in [1.29, 1.82) is 0 Å². The third-order valence-corrected chi connectivity index (χ3v) is 3.20. The second-order valence-corrected chi connectivity index (χ2v) is 4.58. The van der Waals surface area contributed by atoms with Crippen molar-refractivity contribution >= 4 is 11.6 Å². The first-order chi connectivity index (χ1) is 8.99. The molecule has 0 fully saturated rings. The molecule has 0 bridgehead atoms. The zero-order valence-electron chi connectivity index (χ0n) is 9.84. The molecule has 0 aliphatic rings. The first kappa shape index (κ1) is 13.9. The number of hydrogen-bond acceptors (Lipinski definition) is 1. The zero-order valence-corrected chi connectivity index (χ0v) is 10.6. The number of halogens is 4. The van der Waals surface area contributed by atoms with E-state index >= 15 is 0 Å². The van der Waals surface area contributed by atoms with Crippen LogP contribution in [0, 0.1) is 17.5 Å². The average molecular weight is 286 g/mol. The average Bonchev–Trinajstić information content (AvgIpc) is 2.33. The molecule has 1 atom stereocenters. The molecule has 0 aliphatic carbocycles. The summed E-state index contributed by atoms with van der Waals surface area (Å²) in [5.74, 6) is -1.93. The molecule has 0 heterocycles. The van der Waals surface area contributed by atoms with E-state index in [0.29, 0.717) is 0 Å². The van der Waals surface area contributed by atoms with Gasteiger partial charge in [0.2, 0.25) is 0 Å². The van der Waals surface area contributed by atoms with Crippen LogP contribution < -0.4 is 5.73 Å². The van der Waals surface area contributed by atoms with Crippen LogP contribution in [0.1, 0.15) is 17.2 Å². The maximum absolute atomic E-state index is 13.6. The van der Waals surface area contributed by atoms with Gasteiger partial charge in [0.15, 0.2) is 0 Å². The van der Waals surface area contributed by atoms with E-state index in [2.05, 4.69) is 0 Å². The van der Waals surface area contributed by atoms with Crippen molar-refractivity contribution in [2.45, 2.75) is 12.5 Å². The minimum atomic E-state index is -0.796. The molecule has 2 aromatic carbocycles. The SMILES string of the molecule is NC(Cc1c(F)cccc1Cl)c1ccc(F)cc1F. The molecule has 0 aliphatic heterocycles. The zero-order chi connectivity index (χ0) is 14.0. The minimum Gasteiger partial charge on any atom is -0.324 e. The Morgan fingerprint density at radius 1 is 1.05 bits per heavy atom. The van der Waals surface area contributed by atoms with E-state index in [1.807, 2.05) is 0 Å². The summed E-state index contributed by atoms with van der Waals surface area (Å²) in [6.07, 6.45) is 0.0358. The number of rotatable bonds is 3. The summed E-state index contributed by atoms with van der Waals surface area (Å²) in [6.45, 7) is 0. The second-order valence-electron chi connectivity index (χ2n) is 4.18. The fourth-order valence-corrected chi connectivity index (χ4v) is 2.10. The molecule has 0 amide bonds. The van der Waals surface area contributed by atoms with Gasteiger partial charge in [-0.2, -0.15) is 0 Å². The first-order valence-electron chi connectivity index (χ1n) is 5.62. The van der Waals surface area contributed by atoms with Gasteiger partial charge < -0.3 is 5.73 Å². The Balaban J connectivity index is 2.28. The maximum Gasteiger partial charge on any atom is 0.130 e. The lowest BCUT2D eigenvalue weighted by Crippen LogP contribution is -2.16. The Morgan fingerprint density at radius 3 is 2.42 bits per heavy atom. The molecule has 2 rings (SSSR count). The van der Waals surface area contributed by atoms with Gasteiger partial charge in [0.1, 0.15) is 17.5 Å². The highest BCUT2D eigenvalue weighted by atomic mass is 35.5. The summed E-state index contributed by atoms with van der Waals surface area (Å²) >= 11 is 5.88. The Hall–Kier alpha value is -1.52. The normalized spacial score (nSPS) is 12.5. The van der Waals surface area contributed by atoms with Gasteiger partial charge in [-0.1, -0.05) is 23.7 Å². The first-order valence-corrected chi connectivity index (χ1v) is 6.00. The molecule has 1 nitrogen and oxygen atoms in total. The third kappa shape index (κ3) is 3.08. The number of benzene rings is 2. The third-order valence-electron chi connectivity index (χ3n) is 2.85. The summed E-state index contributed by atoms with van der Waals surface area (Å²) in [7, 11) is 0. The van der Waals surface area contributed by atoms with Crippen molar-refractivity contribution in [3.63, 3.8) is 0 Å². The fourth-order valence-electron chi connectivity index (χ4n) is 1.86. The van der Waals surface area contributed by atoms with Gasteiger partial charge in [0, 0.05) is 28.3 Å². The minimum absolute atomic E-state index is 0.0358. The predicted molar refractivity (Wildman–Crippen MR) is 68.4 cm³/mol. The highest BCUT2D eigenvalue weighted by Gasteiger charge is 2.16. The fraction of sp³-hybridized carbons (Fsp3) is 0.143. The lowest BCUT2D eigenvalue weighted by Gasteiger charge is -2.14. The molecule has 0 saturated heterocycles. The van der Waals surface area contributed by atoms with Crippen molar-refractivity contribution in [2.24, 2.45) is 5.73 Å². The standard InChI is InChI=1S/C14H11ClF3N/c15-11-2-1-3-12(17)10(11)7-14(19)9-5-4-8(16)6-13(9)18/h1-6,14H,7,19H2. The molecule has 0 aromatic heterocycles. The number of nitrogens with two attached hydrogens (primary N) is 1. The van der Waals surface area contributed by atoms with Crippen LogP contribution in [-0.4, -0.2) is 0 Å². The molecule has 1 unspecified atom stereocenters. The van der Waals surface area contributed by atoms with E-state index in [4.69, 9.17) is 17.3 Å². The van der Waals surface area contributed by atoms with E-state index in [1.54, 1.807) is 0 Å². The largest absolute Gasteiger partial charge is 0.324 e. The van der Waals surface area contributed by atoms with Crippen molar-refractivity contribution < 1.29 is 13.2 Å². The smallest absolute Gasteiger partial charge is 0.130 e. The van der Waals surface area contributed by atoms with E-state index in [0.717, 1.165) is 12.1 Å². The lowest BCUT2D eigenvalue weighted by molar-refractivity contribution is 0.546. The van der Waals surface area contributed by atoms with Crippen molar-refractivity contribution in [1.82, 2.24) is 0 Å². The van der Waals surface area contributed by atoms with Crippen LogP contribution >= 0.6 is 11.6 Å². The van der Waals surface area contributed by atoms with Crippen LogP contribution in [0.15, 0.2) is 36.4 Å². The molecule has 2 N–H and O–H groups in total. The Bertz CT molecular complexity index is 581. The van der Waals surface area contributed by atoms with Crippen molar-refractivity contribution in [2.75, 3.05) is 0 Å². The molecule has 0 radical (unpaired) electrons. The quantitative estimate of drug-likeness (QED) is 0.906. The molecule has 0 spiro atoms. The summed E-state index contributed by atoms with van der Waals surface area (Å²) in [5.41, 5.74) is 6.18. The maximum atomic E-state index is 13.6. The van der Waals surface area contributed by atoms with E-state index < -0.39 is 23.5 Å². The molecular weight excluding hydrogens is 275 g/mol. The summed E-state index contributed by atoms with van der Waals surface area (Å²) in [6, 6.07) is 6.59. The molecule has 19 heavy (non-hydrogen) atoms. The van der Waals surface area contributed by atoms with Gasteiger partial charge in [0.25, 0.3) is 0 Å². The van der Waals surface area contributed by atoms with E-state index in [1.165, 1.54) is 24.3 Å². The Morgan fingerprint density at radius 2 is 1.79 bits per heavy atom. The predicted octanol–water partition coefficient (Wildman–Crippen LogP) is 4.00. The van der Waals surface area contributed by atoms with Crippen LogP contribution in [0.2, 0.25) is 5.02 Å². The van der Waals surface area contributed by atoms with E-state index in [9.17, 15) is 13.2 Å². The Kier molecular flexibility index (Phi) is 4.12. The summed E-state index contributed by atoms with van der Waals surface area (Å²) in [5, 5.41) is 0.234. The highest BCUT2D eigenvalue weighted by molar-refractivity contribution is 6.31. The molecule has 0 saturated carbocycles. The second kappa shape index (κ2) is 5.63. The van der Waals surface area contributed by atoms with Crippen molar-refractivity contribution in [3.05, 3.63) is 70.0 Å². The molecule has 100 valence electrons. The van der Waals surface area contributed by atoms with Gasteiger partial charge in [-0.25, -0.2) is 13.2 Å². The highest BCUT2D eigenvalue weighted by Crippen LogP contribution is 2.26. The molecule has 2 aromatic rings. The van der Waals surface area contributed by atoms with Gasteiger partial charge >= 0.3 is 0 Å². The molecule has 5 heteroatoms. The topological polar surface area (TPSA) is 26.0 Å². The van der Waals surface area contributed by atoms with Crippen LogP contribution in [0.4, 0.5) is 13.2 Å². The number of hydrogen-bond donors (Lipinski definition) is 1. The summed E-state index contributed by atoms with van der Waals surface area (Å²) in [4.78, 5) is 0. The van der Waals surface area contributed by atoms with Gasteiger partial charge in [-0.3, -0.25) is 0 Å². The monoisotopic (exact) mass is 285 g/mol. The van der Waals surface area contributed by atoms with Gasteiger partial charge in [0.05, 0.1) is 0 Å². The summed E-state index contributed by atoms with van der Waals surface area (Å²) < 4.78 is 40.0. The van der Waals surface area contributed by atoms with Crippen LogP contribution in [0.3, 0.4) is 0 Å². The van der Waals surface area contributed by atoms with Crippen LogP contribution in [0.5, 0.6) is 0 Å².